The molecule has 0 radical (unpaired) electrons. The Balaban J connectivity index is 4.16. The van der Waals surface area contributed by atoms with E-state index in [1.807, 2.05) is 41.5 Å². The summed E-state index contributed by atoms with van der Waals surface area (Å²) in [6.07, 6.45) is 0.896. The van der Waals surface area contributed by atoms with E-state index in [4.69, 9.17) is 5.11 Å². The van der Waals surface area contributed by atoms with Gasteiger partial charge >= 0.3 is 0 Å². The average molecular weight is 244 g/mol. The number of hydrogen-bond donors (Lipinski definition) is 3. The summed E-state index contributed by atoms with van der Waals surface area (Å²) in [5.41, 5.74) is -0.367. The van der Waals surface area contributed by atoms with Gasteiger partial charge < -0.3 is 15.7 Å². The van der Waals surface area contributed by atoms with Crippen LogP contribution in [0, 0.1) is 5.41 Å². The van der Waals surface area contributed by atoms with Crippen LogP contribution in [0.5, 0.6) is 0 Å². The molecule has 1 amide bonds. The zero-order valence-corrected chi connectivity index (χ0v) is 12.1. The Morgan fingerprint density at radius 3 is 2.24 bits per heavy atom. The highest BCUT2D eigenvalue weighted by atomic mass is 16.3. The molecule has 0 heterocycles. The number of aliphatic hydroxyl groups is 1. The highest BCUT2D eigenvalue weighted by Crippen LogP contribution is 2.12. The van der Waals surface area contributed by atoms with Crippen LogP contribution in [0.15, 0.2) is 0 Å². The van der Waals surface area contributed by atoms with E-state index in [2.05, 4.69) is 10.6 Å². The summed E-state index contributed by atoms with van der Waals surface area (Å²) in [7, 11) is 0. The Morgan fingerprint density at radius 2 is 1.82 bits per heavy atom. The molecule has 102 valence electrons. The lowest BCUT2D eigenvalue weighted by Gasteiger charge is -2.28. The summed E-state index contributed by atoms with van der Waals surface area (Å²) in [5.74, 6) is 0.00518. The molecule has 0 fully saturated rings. The molecule has 0 bridgehead atoms. The number of amides is 1. The molecule has 0 saturated carbocycles. The van der Waals surface area contributed by atoms with Gasteiger partial charge in [-0.25, -0.2) is 0 Å². The van der Waals surface area contributed by atoms with Crippen molar-refractivity contribution in [3.8, 4) is 0 Å². The molecule has 1 atom stereocenters. The maximum atomic E-state index is 11.9. The minimum Gasteiger partial charge on any atom is -0.396 e. The van der Waals surface area contributed by atoms with Gasteiger partial charge in [0.1, 0.15) is 0 Å². The lowest BCUT2D eigenvalue weighted by atomic mass is 9.94. The maximum Gasteiger partial charge on any atom is 0.237 e. The lowest BCUT2D eigenvalue weighted by molar-refractivity contribution is -0.124. The molecular formula is C13H28N2O2. The van der Waals surface area contributed by atoms with E-state index in [0.717, 1.165) is 6.42 Å². The molecule has 4 heteroatoms. The molecule has 0 rings (SSSR count). The van der Waals surface area contributed by atoms with Crippen LogP contribution in [0.25, 0.3) is 0 Å². The fourth-order valence-corrected chi connectivity index (χ4v) is 1.11. The molecule has 0 saturated heterocycles. The molecule has 0 aliphatic rings. The van der Waals surface area contributed by atoms with Gasteiger partial charge in [-0.2, -0.15) is 0 Å². The molecule has 0 aromatic heterocycles. The minimum atomic E-state index is -0.244. The first kappa shape index (κ1) is 16.4. The van der Waals surface area contributed by atoms with Gasteiger partial charge in [-0.3, -0.25) is 4.79 Å². The molecule has 0 aliphatic carbocycles. The molecular weight excluding hydrogens is 216 g/mol. The predicted molar refractivity (Wildman–Crippen MR) is 70.8 cm³/mol. The van der Waals surface area contributed by atoms with Gasteiger partial charge in [-0.05, 0) is 27.2 Å². The summed E-state index contributed by atoms with van der Waals surface area (Å²) in [6, 6.07) is -0.244. The topological polar surface area (TPSA) is 61.4 Å². The molecule has 17 heavy (non-hydrogen) atoms. The number of aliphatic hydroxyl groups excluding tert-OH is 1. The van der Waals surface area contributed by atoms with Gasteiger partial charge in [0.2, 0.25) is 5.91 Å². The van der Waals surface area contributed by atoms with Crippen molar-refractivity contribution in [2.45, 2.75) is 59.5 Å². The lowest BCUT2D eigenvalue weighted by Crippen LogP contribution is -2.52. The molecule has 1 unspecified atom stereocenters. The smallest absolute Gasteiger partial charge is 0.237 e. The first-order valence-electron chi connectivity index (χ1n) is 6.30. The van der Waals surface area contributed by atoms with Gasteiger partial charge in [0.25, 0.3) is 0 Å². The summed E-state index contributed by atoms with van der Waals surface area (Å²) < 4.78 is 0. The van der Waals surface area contributed by atoms with Gasteiger partial charge in [-0.1, -0.05) is 20.8 Å². The Labute approximate surface area is 105 Å². The number of carbonyl (C=O) groups excluding carboxylic acids is 1. The third-order valence-electron chi connectivity index (χ3n) is 3.05. The van der Waals surface area contributed by atoms with Gasteiger partial charge in [0.05, 0.1) is 6.04 Å². The van der Waals surface area contributed by atoms with Crippen molar-refractivity contribution in [2.24, 2.45) is 5.41 Å². The second-order valence-electron chi connectivity index (χ2n) is 6.15. The Hall–Kier alpha value is -0.610. The van der Waals surface area contributed by atoms with Gasteiger partial charge in [0.15, 0.2) is 0 Å². The normalized spacial score (nSPS) is 14.5. The Bertz CT molecular complexity index is 250. The summed E-state index contributed by atoms with van der Waals surface area (Å²) in [4.78, 5) is 11.9. The first-order valence-corrected chi connectivity index (χ1v) is 6.30. The molecule has 0 aromatic rings. The molecule has 4 nitrogen and oxygen atoms in total. The van der Waals surface area contributed by atoms with Gasteiger partial charge in [-0.15, -0.1) is 0 Å². The van der Waals surface area contributed by atoms with Crippen molar-refractivity contribution in [3.63, 3.8) is 0 Å². The van der Waals surface area contributed by atoms with Crippen molar-refractivity contribution in [2.75, 3.05) is 13.2 Å². The fraction of sp³-hybridized carbons (Fsp3) is 0.923. The zero-order valence-electron chi connectivity index (χ0n) is 12.1. The monoisotopic (exact) mass is 244 g/mol. The van der Waals surface area contributed by atoms with Crippen molar-refractivity contribution in [1.29, 1.82) is 0 Å². The van der Waals surface area contributed by atoms with Crippen molar-refractivity contribution < 1.29 is 9.90 Å². The van der Waals surface area contributed by atoms with E-state index in [-0.39, 0.29) is 29.5 Å². The molecule has 0 spiro atoms. The highest BCUT2D eigenvalue weighted by molar-refractivity contribution is 5.81. The van der Waals surface area contributed by atoms with E-state index in [1.54, 1.807) is 0 Å². The van der Waals surface area contributed by atoms with Crippen molar-refractivity contribution in [1.82, 2.24) is 10.6 Å². The van der Waals surface area contributed by atoms with Gasteiger partial charge in [0, 0.05) is 24.1 Å². The first-order chi connectivity index (χ1) is 7.63. The Kier molecular flexibility index (Phi) is 6.13. The largest absolute Gasteiger partial charge is 0.396 e. The quantitative estimate of drug-likeness (QED) is 0.632. The molecule has 0 aliphatic heterocycles. The van der Waals surface area contributed by atoms with Crippen LogP contribution in [0.3, 0.4) is 0 Å². The zero-order chi connectivity index (χ0) is 13.7. The van der Waals surface area contributed by atoms with E-state index in [0.29, 0.717) is 6.54 Å². The molecule has 3 N–H and O–H groups in total. The SMILES string of the molecule is CCC(C)(C)NC(=O)C(C)NCC(C)(C)CO. The molecule has 0 aromatic carbocycles. The van der Waals surface area contributed by atoms with Crippen LogP contribution in [0.1, 0.15) is 48.0 Å². The average Bonchev–Trinajstić information content (AvgIpc) is 2.25. The fourth-order valence-electron chi connectivity index (χ4n) is 1.11. The van der Waals surface area contributed by atoms with E-state index < -0.39 is 0 Å². The summed E-state index contributed by atoms with van der Waals surface area (Å²) in [5, 5.41) is 15.3. The maximum absolute atomic E-state index is 11.9. The van der Waals surface area contributed by atoms with Crippen LogP contribution in [-0.2, 0) is 4.79 Å². The van der Waals surface area contributed by atoms with Crippen molar-refractivity contribution in [3.05, 3.63) is 0 Å². The highest BCUT2D eigenvalue weighted by Gasteiger charge is 2.23. The number of rotatable bonds is 7. The second-order valence-corrected chi connectivity index (χ2v) is 6.15. The summed E-state index contributed by atoms with van der Waals surface area (Å²) in [6.45, 7) is 12.5. The number of hydrogen-bond acceptors (Lipinski definition) is 3. The van der Waals surface area contributed by atoms with Crippen LogP contribution >= 0.6 is 0 Å². The second kappa shape index (κ2) is 6.36. The van der Waals surface area contributed by atoms with Crippen LogP contribution < -0.4 is 10.6 Å². The van der Waals surface area contributed by atoms with E-state index >= 15 is 0 Å². The van der Waals surface area contributed by atoms with E-state index in [1.165, 1.54) is 0 Å². The third-order valence-corrected chi connectivity index (χ3v) is 3.05. The standard InChI is InChI=1S/C13H28N2O2/c1-7-13(5,6)15-11(17)10(2)14-8-12(3,4)9-16/h10,14,16H,7-9H2,1-6H3,(H,15,17). The van der Waals surface area contributed by atoms with Crippen LogP contribution in [0.4, 0.5) is 0 Å². The minimum absolute atomic E-state index is 0.00518. The van der Waals surface area contributed by atoms with E-state index in [9.17, 15) is 4.79 Å². The third kappa shape index (κ3) is 6.64. The predicted octanol–water partition coefficient (Wildman–Crippen LogP) is 1.29. The number of nitrogens with one attached hydrogen (secondary N) is 2. The van der Waals surface area contributed by atoms with Crippen LogP contribution in [-0.4, -0.2) is 35.7 Å². The summed E-state index contributed by atoms with van der Waals surface area (Å²) >= 11 is 0. The Morgan fingerprint density at radius 1 is 1.29 bits per heavy atom. The van der Waals surface area contributed by atoms with Crippen LogP contribution in [0.2, 0.25) is 0 Å². The number of carbonyl (C=O) groups is 1. The van der Waals surface area contributed by atoms with Crippen molar-refractivity contribution >= 4 is 5.91 Å².